The van der Waals surface area contributed by atoms with Gasteiger partial charge in [-0.15, -0.1) is 4.91 Å². The number of anilines is 2. The first-order chi connectivity index (χ1) is 16.9. The maximum Gasteiger partial charge on any atom is 0.263 e. The molecule has 35 heavy (non-hydrogen) atoms. The zero-order valence-electron chi connectivity index (χ0n) is 18.9. The summed E-state index contributed by atoms with van der Waals surface area (Å²) in [6, 6.07) is 20.1. The van der Waals surface area contributed by atoms with E-state index in [1.807, 2.05) is 0 Å². The highest BCUT2D eigenvalue weighted by atomic mass is 16.3. The minimum absolute atomic E-state index is 0.0496. The fraction of sp³-hybridized carbons (Fsp3) is 0.0741. The normalized spacial score (nSPS) is 10.5. The summed E-state index contributed by atoms with van der Waals surface area (Å²) in [6.45, 7) is 3.70. The van der Waals surface area contributed by atoms with Crippen LogP contribution in [-0.4, -0.2) is 16.4 Å². The Balaban J connectivity index is 1.63. The molecule has 0 saturated heterocycles. The second-order valence-electron chi connectivity index (χ2n) is 7.92. The van der Waals surface area contributed by atoms with Crippen molar-refractivity contribution in [2.24, 2.45) is 12.2 Å². The van der Waals surface area contributed by atoms with Gasteiger partial charge in [0.25, 0.3) is 11.5 Å². The van der Waals surface area contributed by atoms with E-state index >= 15 is 0 Å². The van der Waals surface area contributed by atoms with Crippen LogP contribution in [-0.2, 0) is 18.3 Å². The van der Waals surface area contributed by atoms with Crippen molar-refractivity contribution >= 4 is 45.9 Å². The van der Waals surface area contributed by atoms with E-state index in [1.165, 1.54) is 10.6 Å². The number of aromatic nitrogens is 1. The summed E-state index contributed by atoms with van der Waals surface area (Å²) in [4.78, 5) is 49.1. The Morgan fingerprint density at radius 2 is 1.71 bits per heavy atom. The van der Waals surface area contributed by atoms with Gasteiger partial charge in [0.15, 0.2) is 0 Å². The molecule has 1 aromatic heterocycles. The number of nitrogens with one attached hydrogen (secondary N) is 2. The lowest BCUT2D eigenvalue weighted by atomic mass is 10.1. The van der Waals surface area contributed by atoms with Gasteiger partial charge in [-0.2, -0.15) is 0 Å². The first-order valence-corrected chi connectivity index (χ1v) is 10.8. The Morgan fingerprint density at radius 3 is 2.37 bits per heavy atom. The summed E-state index contributed by atoms with van der Waals surface area (Å²) in [6.07, 6.45) is 1.77. The molecule has 0 saturated carbocycles. The maximum absolute atomic E-state index is 13.0. The summed E-state index contributed by atoms with van der Waals surface area (Å²) in [5.74, 6) is -0.838. The third-order valence-corrected chi connectivity index (χ3v) is 5.60. The van der Waals surface area contributed by atoms with Crippen LogP contribution in [0.1, 0.15) is 21.5 Å². The van der Waals surface area contributed by atoms with E-state index in [0.29, 0.717) is 27.8 Å². The van der Waals surface area contributed by atoms with Crippen LogP contribution in [0.5, 0.6) is 0 Å². The van der Waals surface area contributed by atoms with Crippen molar-refractivity contribution in [1.82, 2.24) is 4.57 Å². The summed E-state index contributed by atoms with van der Waals surface area (Å²) in [7, 11) is 1.58. The van der Waals surface area contributed by atoms with E-state index in [0.717, 1.165) is 5.56 Å². The number of amides is 2. The first kappa shape index (κ1) is 23.3. The number of rotatable bonds is 7. The number of carbonyl (C=O) groups is 2. The number of aryl methyl sites for hydroxylation is 1. The number of hydrogen-bond acceptors (Lipinski definition) is 5. The van der Waals surface area contributed by atoms with Crippen molar-refractivity contribution in [3.05, 3.63) is 111 Å². The number of hydrogen-bond donors (Lipinski definition) is 2. The highest BCUT2D eigenvalue weighted by Gasteiger charge is 2.17. The second-order valence-corrected chi connectivity index (χ2v) is 7.92. The molecule has 8 heteroatoms. The summed E-state index contributed by atoms with van der Waals surface area (Å²) in [5.41, 5.74) is 2.98. The topological polar surface area (TPSA) is 110 Å². The minimum Gasteiger partial charge on any atom is -0.325 e. The summed E-state index contributed by atoms with van der Waals surface area (Å²) < 4.78 is 1.38. The monoisotopic (exact) mass is 466 g/mol. The van der Waals surface area contributed by atoms with Crippen molar-refractivity contribution in [1.29, 1.82) is 0 Å². The Kier molecular flexibility index (Phi) is 6.64. The molecule has 0 aliphatic rings. The number of nitroso groups, excluding NO2 is 1. The first-order valence-electron chi connectivity index (χ1n) is 10.8. The van der Waals surface area contributed by atoms with Crippen LogP contribution in [0.4, 0.5) is 17.1 Å². The van der Waals surface area contributed by atoms with E-state index in [4.69, 9.17) is 0 Å². The van der Waals surface area contributed by atoms with Gasteiger partial charge in [-0.3, -0.25) is 14.4 Å². The van der Waals surface area contributed by atoms with Crippen LogP contribution in [0.15, 0.2) is 89.3 Å². The quantitative estimate of drug-likeness (QED) is 0.373. The summed E-state index contributed by atoms with van der Waals surface area (Å²) in [5, 5.41) is 9.00. The molecule has 0 spiro atoms. The summed E-state index contributed by atoms with van der Waals surface area (Å²) >= 11 is 0. The molecule has 4 aromatic rings. The van der Waals surface area contributed by atoms with E-state index in [-0.39, 0.29) is 23.6 Å². The van der Waals surface area contributed by atoms with Gasteiger partial charge in [0.2, 0.25) is 5.91 Å². The van der Waals surface area contributed by atoms with Crippen molar-refractivity contribution in [3.8, 4) is 0 Å². The lowest BCUT2D eigenvalue weighted by Crippen LogP contribution is -2.28. The molecule has 3 aromatic carbocycles. The molecule has 0 radical (unpaired) electrons. The van der Waals surface area contributed by atoms with Crippen LogP contribution in [0, 0.1) is 4.91 Å². The molecule has 0 aliphatic heterocycles. The smallest absolute Gasteiger partial charge is 0.263 e. The Hall–Kier alpha value is -4.85. The number of benzene rings is 3. The van der Waals surface area contributed by atoms with Crippen molar-refractivity contribution in [3.63, 3.8) is 0 Å². The zero-order valence-corrected chi connectivity index (χ0v) is 18.9. The third-order valence-electron chi connectivity index (χ3n) is 5.60. The van der Waals surface area contributed by atoms with Gasteiger partial charge in [0.1, 0.15) is 11.3 Å². The van der Waals surface area contributed by atoms with E-state index < -0.39 is 11.5 Å². The average molecular weight is 466 g/mol. The highest BCUT2D eigenvalue weighted by Crippen LogP contribution is 2.24. The molecular weight excluding hydrogens is 444 g/mol. The molecule has 0 bridgehead atoms. The predicted molar refractivity (Wildman–Crippen MR) is 138 cm³/mol. The Labute approximate surface area is 200 Å². The molecule has 1 heterocycles. The Bertz CT molecular complexity index is 1500. The van der Waals surface area contributed by atoms with Crippen LogP contribution >= 0.6 is 0 Å². The van der Waals surface area contributed by atoms with Crippen molar-refractivity contribution in [2.75, 3.05) is 10.6 Å². The number of nitrogens with zero attached hydrogens (tertiary/aromatic N) is 2. The molecule has 0 fully saturated rings. The van der Waals surface area contributed by atoms with Gasteiger partial charge in [-0.1, -0.05) is 43.0 Å². The zero-order chi connectivity index (χ0) is 24.9. The van der Waals surface area contributed by atoms with Crippen molar-refractivity contribution in [2.45, 2.75) is 6.42 Å². The molecule has 0 unspecified atom stereocenters. The van der Waals surface area contributed by atoms with Gasteiger partial charge >= 0.3 is 0 Å². The lowest BCUT2D eigenvalue weighted by molar-refractivity contribution is -0.115. The van der Waals surface area contributed by atoms with Crippen molar-refractivity contribution < 1.29 is 9.59 Å². The third kappa shape index (κ3) is 5.06. The number of carbonyl (C=O) groups excluding carboxylic acids is 2. The van der Waals surface area contributed by atoms with E-state index in [2.05, 4.69) is 22.4 Å². The molecule has 4 rings (SSSR count). The molecular formula is C27H22N4O4. The second kappa shape index (κ2) is 9.96. The lowest BCUT2D eigenvalue weighted by Gasteiger charge is -2.13. The van der Waals surface area contributed by atoms with Gasteiger partial charge in [-0.25, -0.2) is 0 Å². The Morgan fingerprint density at radius 1 is 1.00 bits per heavy atom. The van der Waals surface area contributed by atoms with Crippen LogP contribution in [0.2, 0.25) is 0 Å². The number of pyridine rings is 1. The maximum atomic E-state index is 13.0. The number of fused-ring (bicyclic) bond motifs is 1. The molecule has 0 aliphatic carbocycles. The van der Waals surface area contributed by atoms with E-state index in [9.17, 15) is 19.3 Å². The fourth-order valence-corrected chi connectivity index (χ4v) is 3.72. The molecule has 2 amide bonds. The SMILES string of the molecule is C=Cc1ccc(NC(=O)c2cc3c(NC(=O)Cc4ccc(N=O)cc4)cccc3n(C)c2=O)cc1. The van der Waals surface area contributed by atoms with Gasteiger partial charge in [0.05, 0.1) is 17.6 Å². The van der Waals surface area contributed by atoms with Gasteiger partial charge in [0, 0.05) is 18.1 Å². The van der Waals surface area contributed by atoms with Crippen LogP contribution < -0.4 is 16.2 Å². The minimum atomic E-state index is -0.552. The molecule has 0 atom stereocenters. The molecule has 8 nitrogen and oxygen atoms in total. The predicted octanol–water partition coefficient (Wildman–Crippen LogP) is 5.01. The largest absolute Gasteiger partial charge is 0.325 e. The fourth-order valence-electron chi connectivity index (χ4n) is 3.72. The van der Waals surface area contributed by atoms with Crippen LogP contribution in [0.3, 0.4) is 0 Å². The van der Waals surface area contributed by atoms with Gasteiger partial charge < -0.3 is 15.2 Å². The van der Waals surface area contributed by atoms with Crippen LogP contribution in [0.25, 0.3) is 17.0 Å². The standard InChI is InChI=1S/C27H22N4O4/c1-3-17-7-11-19(12-8-17)28-26(33)22-16-21-23(5-4-6-24(21)31(2)27(22)34)29-25(32)15-18-9-13-20(30-35)14-10-18/h3-14,16H,1,15H2,2H3,(H,28,33)(H,29,32). The average Bonchev–Trinajstić information content (AvgIpc) is 2.87. The van der Waals surface area contributed by atoms with Gasteiger partial charge in [-0.05, 0) is 58.8 Å². The molecule has 2 N–H and O–H groups in total. The van der Waals surface area contributed by atoms with E-state index in [1.54, 1.807) is 79.9 Å². The molecule has 174 valence electrons. The highest BCUT2D eigenvalue weighted by molar-refractivity contribution is 6.08.